The lowest BCUT2D eigenvalue weighted by Gasteiger charge is -2.30. The van der Waals surface area contributed by atoms with Crippen molar-refractivity contribution in [3.05, 3.63) is 0 Å². The van der Waals surface area contributed by atoms with Crippen molar-refractivity contribution in [2.45, 2.75) is 44.9 Å². The van der Waals surface area contributed by atoms with Gasteiger partial charge >= 0.3 is 0 Å². The molecule has 0 bridgehead atoms. The summed E-state index contributed by atoms with van der Waals surface area (Å²) in [5, 5.41) is 0. The van der Waals surface area contributed by atoms with Gasteiger partial charge in [-0.3, -0.25) is 0 Å². The first-order valence-corrected chi connectivity index (χ1v) is 3.61. The van der Waals surface area contributed by atoms with E-state index in [0.717, 1.165) is 12.8 Å². The SMILES string of the molecule is CC1CCC(N)[C@H](C)O1. The summed E-state index contributed by atoms with van der Waals surface area (Å²) in [4.78, 5) is 0. The van der Waals surface area contributed by atoms with Gasteiger partial charge in [0.2, 0.25) is 0 Å². The molecule has 0 spiro atoms. The van der Waals surface area contributed by atoms with Crippen molar-refractivity contribution in [3.63, 3.8) is 0 Å². The quantitative estimate of drug-likeness (QED) is 0.527. The first-order chi connectivity index (χ1) is 4.20. The maximum atomic E-state index is 5.72. The molecule has 54 valence electrons. The van der Waals surface area contributed by atoms with Crippen molar-refractivity contribution >= 4 is 0 Å². The van der Waals surface area contributed by atoms with Crippen LogP contribution in [0.3, 0.4) is 0 Å². The zero-order valence-corrected chi connectivity index (χ0v) is 6.13. The molecule has 1 aliphatic rings. The fourth-order valence-electron chi connectivity index (χ4n) is 1.20. The third-order valence-corrected chi connectivity index (χ3v) is 1.96. The lowest BCUT2D eigenvalue weighted by molar-refractivity contribution is -0.0410. The van der Waals surface area contributed by atoms with E-state index < -0.39 is 0 Å². The minimum Gasteiger partial charge on any atom is -0.374 e. The van der Waals surface area contributed by atoms with Crippen LogP contribution < -0.4 is 5.73 Å². The van der Waals surface area contributed by atoms with Crippen LogP contribution in [0.5, 0.6) is 0 Å². The molecule has 1 heterocycles. The molecule has 0 saturated carbocycles. The first-order valence-electron chi connectivity index (χ1n) is 3.61. The molecule has 1 saturated heterocycles. The van der Waals surface area contributed by atoms with E-state index in [0.29, 0.717) is 6.10 Å². The summed E-state index contributed by atoms with van der Waals surface area (Å²) in [6, 6.07) is 0.265. The highest BCUT2D eigenvalue weighted by Gasteiger charge is 2.21. The number of nitrogens with two attached hydrogens (primary N) is 1. The molecular weight excluding hydrogens is 114 g/mol. The summed E-state index contributed by atoms with van der Waals surface area (Å²) < 4.78 is 5.47. The van der Waals surface area contributed by atoms with Gasteiger partial charge in [0.1, 0.15) is 0 Å². The second-order valence-corrected chi connectivity index (χ2v) is 2.89. The highest BCUT2D eigenvalue weighted by Crippen LogP contribution is 2.16. The van der Waals surface area contributed by atoms with E-state index in [1.807, 2.05) is 6.92 Å². The van der Waals surface area contributed by atoms with Crippen LogP contribution in [0.4, 0.5) is 0 Å². The van der Waals surface area contributed by atoms with Crippen LogP contribution >= 0.6 is 0 Å². The van der Waals surface area contributed by atoms with E-state index in [1.165, 1.54) is 0 Å². The average molecular weight is 129 g/mol. The molecule has 2 heteroatoms. The highest BCUT2D eigenvalue weighted by molar-refractivity contribution is 4.76. The largest absolute Gasteiger partial charge is 0.374 e. The van der Waals surface area contributed by atoms with E-state index in [1.54, 1.807) is 0 Å². The third kappa shape index (κ3) is 1.66. The molecule has 2 nitrogen and oxygen atoms in total. The Hall–Kier alpha value is -0.0800. The summed E-state index contributed by atoms with van der Waals surface area (Å²) >= 11 is 0. The van der Waals surface area contributed by atoms with Crippen molar-refractivity contribution in [2.24, 2.45) is 5.73 Å². The van der Waals surface area contributed by atoms with Gasteiger partial charge in [0, 0.05) is 6.04 Å². The van der Waals surface area contributed by atoms with Gasteiger partial charge in [-0.05, 0) is 26.7 Å². The highest BCUT2D eigenvalue weighted by atomic mass is 16.5. The summed E-state index contributed by atoms with van der Waals surface area (Å²) in [6.45, 7) is 4.14. The number of ether oxygens (including phenoxy) is 1. The molecule has 9 heavy (non-hydrogen) atoms. The molecule has 0 aliphatic carbocycles. The van der Waals surface area contributed by atoms with Crippen molar-refractivity contribution < 1.29 is 4.74 Å². The van der Waals surface area contributed by atoms with E-state index in [4.69, 9.17) is 10.5 Å². The van der Waals surface area contributed by atoms with Gasteiger partial charge in [0.15, 0.2) is 0 Å². The monoisotopic (exact) mass is 129 g/mol. The van der Waals surface area contributed by atoms with Gasteiger partial charge in [0.05, 0.1) is 12.2 Å². The van der Waals surface area contributed by atoms with Crippen LogP contribution in [-0.2, 0) is 4.74 Å². The van der Waals surface area contributed by atoms with Crippen LogP contribution in [-0.4, -0.2) is 18.2 Å². The number of rotatable bonds is 0. The predicted molar refractivity (Wildman–Crippen MR) is 37.2 cm³/mol. The maximum absolute atomic E-state index is 5.72. The molecular formula is C7H15NO. The normalized spacial score (nSPS) is 45.0. The Bertz CT molecular complexity index is 94.9. The summed E-state index contributed by atoms with van der Waals surface area (Å²) in [6.07, 6.45) is 2.90. The topological polar surface area (TPSA) is 35.2 Å². The zero-order valence-electron chi connectivity index (χ0n) is 6.13. The van der Waals surface area contributed by atoms with E-state index >= 15 is 0 Å². The smallest absolute Gasteiger partial charge is 0.0701 e. The van der Waals surface area contributed by atoms with Gasteiger partial charge in [0.25, 0.3) is 0 Å². The Labute approximate surface area is 56.4 Å². The average Bonchev–Trinajstić information content (AvgIpc) is 1.80. The second-order valence-electron chi connectivity index (χ2n) is 2.89. The Balaban J connectivity index is 2.35. The molecule has 2 N–H and O–H groups in total. The zero-order chi connectivity index (χ0) is 6.85. The van der Waals surface area contributed by atoms with Crippen LogP contribution in [0.2, 0.25) is 0 Å². The summed E-state index contributed by atoms with van der Waals surface area (Å²) in [5.41, 5.74) is 5.72. The molecule has 2 unspecified atom stereocenters. The lowest BCUT2D eigenvalue weighted by Crippen LogP contribution is -2.41. The van der Waals surface area contributed by atoms with Gasteiger partial charge in [-0.2, -0.15) is 0 Å². The van der Waals surface area contributed by atoms with Crippen LogP contribution in [0.1, 0.15) is 26.7 Å². The van der Waals surface area contributed by atoms with E-state index in [9.17, 15) is 0 Å². The molecule has 1 rings (SSSR count). The van der Waals surface area contributed by atoms with Gasteiger partial charge in [-0.25, -0.2) is 0 Å². The molecule has 0 aromatic heterocycles. The van der Waals surface area contributed by atoms with Crippen LogP contribution in [0.25, 0.3) is 0 Å². The Kier molecular flexibility index (Phi) is 2.09. The van der Waals surface area contributed by atoms with Gasteiger partial charge in [-0.1, -0.05) is 0 Å². The minimum absolute atomic E-state index is 0.258. The van der Waals surface area contributed by atoms with E-state index in [2.05, 4.69) is 6.92 Å². The van der Waals surface area contributed by atoms with Crippen LogP contribution in [0.15, 0.2) is 0 Å². The fourth-order valence-corrected chi connectivity index (χ4v) is 1.20. The Morgan fingerprint density at radius 1 is 1.33 bits per heavy atom. The first kappa shape index (κ1) is 7.03. The van der Waals surface area contributed by atoms with Crippen LogP contribution in [0, 0.1) is 0 Å². The lowest BCUT2D eigenvalue weighted by atomic mass is 10.0. The maximum Gasteiger partial charge on any atom is 0.0701 e. The Morgan fingerprint density at radius 2 is 2.00 bits per heavy atom. The fraction of sp³-hybridized carbons (Fsp3) is 1.00. The van der Waals surface area contributed by atoms with Gasteiger partial charge < -0.3 is 10.5 Å². The molecule has 1 fully saturated rings. The molecule has 0 radical (unpaired) electrons. The number of hydrogen-bond acceptors (Lipinski definition) is 2. The summed E-state index contributed by atoms with van der Waals surface area (Å²) in [7, 11) is 0. The van der Waals surface area contributed by atoms with Crippen molar-refractivity contribution in [1.82, 2.24) is 0 Å². The molecule has 0 amide bonds. The predicted octanol–water partition coefficient (Wildman–Crippen LogP) is 0.901. The Morgan fingerprint density at radius 3 is 2.44 bits per heavy atom. The molecule has 0 aromatic rings. The van der Waals surface area contributed by atoms with E-state index in [-0.39, 0.29) is 12.1 Å². The summed E-state index contributed by atoms with van der Waals surface area (Å²) in [5.74, 6) is 0. The van der Waals surface area contributed by atoms with Crippen molar-refractivity contribution in [2.75, 3.05) is 0 Å². The molecule has 0 aromatic carbocycles. The number of hydrogen-bond donors (Lipinski definition) is 1. The molecule has 3 atom stereocenters. The molecule has 1 aliphatic heterocycles. The van der Waals surface area contributed by atoms with Gasteiger partial charge in [-0.15, -0.1) is 0 Å². The van der Waals surface area contributed by atoms with Crippen molar-refractivity contribution in [3.8, 4) is 0 Å². The van der Waals surface area contributed by atoms with Crippen molar-refractivity contribution in [1.29, 1.82) is 0 Å². The minimum atomic E-state index is 0.258. The second kappa shape index (κ2) is 2.67. The third-order valence-electron chi connectivity index (χ3n) is 1.96. The standard InChI is InChI=1S/C7H15NO/c1-5-3-4-7(8)6(2)9-5/h5-7H,3-4,8H2,1-2H3/t5?,6-,7?/m0/s1.